The summed E-state index contributed by atoms with van der Waals surface area (Å²) in [6.45, 7) is 9.47. The second-order valence-electron chi connectivity index (χ2n) is 17.7. The number of fused-ring (bicyclic) bond motifs is 2. The van der Waals surface area contributed by atoms with E-state index < -0.39 is 57.8 Å². The summed E-state index contributed by atoms with van der Waals surface area (Å²) in [5, 5.41) is 46.7. The monoisotopic (exact) mass is 729 g/mol. The van der Waals surface area contributed by atoms with Gasteiger partial charge in [0.2, 0.25) is 0 Å². The number of allylic oxidation sites excluding steroid dienone is 1. The van der Waals surface area contributed by atoms with Crippen LogP contribution in [-0.4, -0.2) is 68.8 Å². The molecule has 0 aromatic heterocycles. The van der Waals surface area contributed by atoms with Crippen LogP contribution in [0.5, 0.6) is 0 Å². The van der Waals surface area contributed by atoms with E-state index in [-0.39, 0.29) is 53.8 Å². The highest BCUT2D eigenvalue weighted by atomic mass is 16.4. The van der Waals surface area contributed by atoms with Crippen LogP contribution in [0.15, 0.2) is 64.2 Å². The van der Waals surface area contributed by atoms with Gasteiger partial charge in [-0.2, -0.15) is 0 Å². The molecule has 11 atom stereocenters. The molecule has 10 heteroatoms. The Morgan fingerprint density at radius 3 is 2.38 bits per heavy atom. The lowest BCUT2D eigenvalue weighted by molar-refractivity contribution is -0.155. The summed E-state index contributed by atoms with van der Waals surface area (Å²) in [6, 6.07) is 9.88. The third-order valence-corrected chi connectivity index (χ3v) is 15.0. The normalized spacial score (nSPS) is 37.1. The fourth-order valence-corrected chi connectivity index (χ4v) is 12.4. The maximum absolute atomic E-state index is 15.2. The first-order chi connectivity index (χ1) is 24.9. The van der Waals surface area contributed by atoms with Crippen LogP contribution in [0.4, 0.5) is 0 Å². The van der Waals surface area contributed by atoms with E-state index in [1.54, 1.807) is 0 Å². The molecule has 3 fully saturated rings. The Labute approximate surface area is 313 Å². The van der Waals surface area contributed by atoms with Crippen molar-refractivity contribution in [2.24, 2.45) is 67.7 Å². The van der Waals surface area contributed by atoms with Crippen molar-refractivity contribution in [2.45, 2.75) is 111 Å². The molecule has 0 amide bonds. The van der Waals surface area contributed by atoms with Gasteiger partial charge in [0.05, 0.1) is 18.3 Å². The van der Waals surface area contributed by atoms with E-state index in [4.69, 9.17) is 11.5 Å². The van der Waals surface area contributed by atoms with Crippen LogP contribution < -0.4 is 11.5 Å². The molecular formula is C43H59N3O7. The first kappa shape index (κ1) is 39.1. The van der Waals surface area contributed by atoms with Crippen molar-refractivity contribution in [3.63, 3.8) is 0 Å². The average Bonchev–Trinajstić information content (AvgIpc) is 3.32. The molecule has 288 valence electrons. The van der Waals surface area contributed by atoms with E-state index in [1.807, 2.05) is 57.2 Å². The van der Waals surface area contributed by atoms with E-state index >= 15 is 4.79 Å². The quantitative estimate of drug-likeness (QED) is 0.112. The van der Waals surface area contributed by atoms with Gasteiger partial charge in [0.1, 0.15) is 5.78 Å². The minimum absolute atomic E-state index is 0.00620. The number of ketones is 2. The number of nitrogens with zero attached hydrogens (tertiary/aromatic N) is 1. The lowest BCUT2D eigenvalue weighted by Gasteiger charge is -2.65. The van der Waals surface area contributed by atoms with Gasteiger partial charge in [-0.1, -0.05) is 89.4 Å². The van der Waals surface area contributed by atoms with Crippen LogP contribution in [0.1, 0.15) is 98.0 Å². The predicted molar refractivity (Wildman–Crippen MR) is 204 cm³/mol. The van der Waals surface area contributed by atoms with Crippen molar-refractivity contribution in [1.82, 2.24) is 0 Å². The number of rotatable bonds is 9. The summed E-state index contributed by atoms with van der Waals surface area (Å²) in [4.78, 5) is 45.1. The van der Waals surface area contributed by atoms with E-state index in [1.165, 1.54) is 13.0 Å². The summed E-state index contributed by atoms with van der Waals surface area (Å²) >= 11 is 0. The topological polar surface area (TPSA) is 197 Å². The maximum atomic E-state index is 15.2. The van der Waals surface area contributed by atoms with Crippen molar-refractivity contribution in [1.29, 1.82) is 0 Å². The first-order valence-electron chi connectivity index (χ1n) is 19.5. The summed E-state index contributed by atoms with van der Waals surface area (Å²) in [6.07, 6.45) is 7.54. The number of aliphatic hydroxyl groups is 3. The Kier molecular flexibility index (Phi) is 10.5. The molecule has 53 heavy (non-hydrogen) atoms. The van der Waals surface area contributed by atoms with Crippen LogP contribution in [0.2, 0.25) is 0 Å². The molecule has 5 aliphatic rings. The average molecular weight is 730 g/mol. The molecule has 8 N–H and O–H groups in total. The van der Waals surface area contributed by atoms with Crippen LogP contribution in [0.3, 0.4) is 0 Å². The summed E-state index contributed by atoms with van der Waals surface area (Å²) in [5.41, 5.74) is 10.6. The molecule has 2 bridgehead atoms. The van der Waals surface area contributed by atoms with Crippen molar-refractivity contribution >= 4 is 29.6 Å². The second kappa shape index (κ2) is 14.2. The number of benzene rings is 1. The number of carboxylic acids is 1. The van der Waals surface area contributed by atoms with E-state index in [0.717, 1.165) is 31.2 Å². The van der Waals surface area contributed by atoms with Crippen molar-refractivity contribution in [3.05, 3.63) is 64.8 Å². The minimum Gasteiger partial charge on any atom is -0.478 e. The summed E-state index contributed by atoms with van der Waals surface area (Å²) in [5.74, 6) is -3.25. The minimum atomic E-state index is -1.21. The van der Waals surface area contributed by atoms with Gasteiger partial charge in [0, 0.05) is 58.6 Å². The lowest BCUT2D eigenvalue weighted by atomic mass is 9.38. The van der Waals surface area contributed by atoms with Crippen LogP contribution >= 0.6 is 0 Å². The molecule has 0 saturated heterocycles. The Morgan fingerprint density at radius 1 is 1.04 bits per heavy atom. The molecular weight excluding hydrogens is 670 g/mol. The van der Waals surface area contributed by atoms with Crippen molar-refractivity contribution < 1.29 is 34.8 Å². The highest BCUT2D eigenvalue weighted by Gasteiger charge is 2.73. The Hall–Kier alpha value is -3.60. The largest absolute Gasteiger partial charge is 0.478 e. The third kappa shape index (κ3) is 6.13. The Morgan fingerprint density at radius 2 is 1.72 bits per heavy atom. The Balaban J connectivity index is 1.56. The zero-order valence-electron chi connectivity index (χ0n) is 31.9. The number of aliphatic carboxylic acids is 1. The smallest absolute Gasteiger partial charge is 0.331 e. The molecule has 0 aliphatic heterocycles. The summed E-state index contributed by atoms with van der Waals surface area (Å²) < 4.78 is 0. The van der Waals surface area contributed by atoms with Crippen molar-refractivity contribution in [3.8, 4) is 0 Å². The second-order valence-corrected chi connectivity index (χ2v) is 17.7. The highest BCUT2D eigenvalue weighted by molar-refractivity contribution is 6.01. The molecule has 10 nitrogen and oxygen atoms in total. The number of guanidine groups is 1. The fourth-order valence-electron chi connectivity index (χ4n) is 12.4. The molecule has 0 heterocycles. The highest BCUT2D eigenvalue weighted by Crippen LogP contribution is 2.75. The Bertz CT molecular complexity index is 1740. The zero-order chi connectivity index (χ0) is 38.7. The van der Waals surface area contributed by atoms with Gasteiger partial charge >= 0.3 is 5.97 Å². The number of aliphatic imine (C=N–C) groups is 1. The van der Waals surface area contributed by atoms with Crippen LogP contribution in [0.25, 0.3) is 6.08 Å². The van der Waals surface area contributed by atoms with Gasteiger partial charge in [-0.05, 0) is 73.0 Å². The third-order valence-electron chi connectivity index (χ3n) is 15.0. The molecule has 1 aromatic rings. The molecule has 0 unspecified atom stereocenters. The molecule has 1 aromatic carbocycles. The van der Waals surface area contributed by atoms with E-state index in [9.17, 15) is 30.0 Å². The van der Waals surface area contributed by atoms with Gasteiger partial charge in [-0.3, -0.25) is 14.6 Å². The molecule has 5 aliphatic carbocycles. The van der Waals surface area contributed by atoms with E-state index in [2.05, 4.69) is 18.0 Å². The number of hydrogen-bond acceptors (Lipinski definition) is 7. The van der Waals surface area contributed by atoms with Crippen molar-refractivity contribution in [2.75, 3.05) is 6.54 Å². The lowest BCUT2D eigenvalue weighted by Crippen LogP contribution is -2.64. The van der Waals surface area contributed by atoms with Crippen LogP contribution in [-0.2, 0) is 14.4 Å². The zero-order valence-corrected chi connectivity index (χ0v) is 31.9. The molecule has 3 saturated carbocycles. The maximum Gasteiger partial charge on any atom is 0.331 e. The standard InChI is InChI=1S/C43H59N3O7/c1-24(38(52)53)20-30(47)28(23-46-39(44)45)25(2)29-21-33(50)41(5)35-34-31(48)22-43(29,41)18-11-7-10-17-42(34)19-16-32(49)40(3,4)37(42)27(36(35)51)15-14-26-12-8-6-9-13-26/h6,8-9,12-15,20,25,27-30,33,36-37,47,50-51H,7,10-11,16-19,21-23H2,1-5H3,(H,52,53)(H4,44,45,46)/b15-14+,24-20+/t25-,27+,28+,29-,30-,33+,36-,37-,41+,42-,43-/m1/s1. The number of hydrogen-bond donors (Lipinski definition) is 6. The predicted octanol–water partition coefficient (Wildman–Crippen LogP) is 5.21. The van der Waals surface area contributed by atoms with Gasteiger partial charge in [-0.25, -0.2) is 4.79 Å². The SMILES string of the molecule is C/C(=C\[C@@H](O)[C@@H](CN=C(N)N)[C@@H](C)[C@H]1C[C@H](O)[C@@]2(C)C3=C4C(=O)C[C@]12CCCCC[C@@]41CCC(=O)C(C)(C)[C@H]1[C@@H](/C=C/c1ccccc1)[C@H]3O)C(=O)O. The molecule has 6 rings (SSSR count). The van der Waals surface area contributed by atoms with Gasteiger partial charge in [-0.15, -0.1) is 0 Å². The number of Topliss-reactive ketones (excluding diaryl/α,β-unsaturated/α-hetero) is 2. The van der Waals surface area contributed by atoms with Crippen LogP contribution in [0, 0.1) is 51.2 Å². The number of carboxylic acid groups (broad SMARTS) is 1. The summed E-state index contributed by atoms with van der Waals surface area (Å²) in [7, 11) is 0. The van der Waals surface area contributed by atoms with Gasteiger partial charge in [0.15, 0.2) is 11.7 Å². The molecule has 0 radical (unpaired) electrons. The van der Waals surface area contributed by atoms with E-state index in [0.29, 0.717) is 36.8 Å². The van der Waals surface area contributed by atoms with Gasteiger partial charge < -0.3 is 31.9 Å². The fraction of sp³-hybridized carbons (Fsp3) is 0.628. The number of nitrogens with two attached hydrogens (primary N) is 2. The molecule has 2 spiro atoms. The number of aliphatic hydroxyl groups excluding tert-OH is 3. The number of carbonyl (C=O) groups excluding carboxylic acids is 2. The first-order valence-corrected chi connectivity index (χ1v) is 19.5. The number of carbonyl (C=O) groups is 3. The van der Waals surface area contributed by atoms with Gasteiger partial charge in [0.25, 0.3) is 0 Å².